The topological polar surface area (TPSA) is 75.3 Å². The van der Waals surface area contributed by atoms with Crippen LogP contribution in [0.1, 0.15) is 24.3 Å². The van der Waals surface area contributed by atoms with Gasteiger partial charge in [-0.1, -0.05) is 12.1 Å². The van der Waals surface area contributed by atoms with Crippen molar-refractivity contribution in [3.63, 3.8) is 0 Å². The molecule has 1 aliphatic heterocycles. The number of anilines is 1. The van der Waals surface area contributed by atoms with E-state index in [1.54, 1.807) is 18.3 Å². The van der Waals surface area contributed by atoms with Crippen molar-refractivity contribution in [3.05, 3.63) is 48.3 Å². The summed E-state index contributed by atoms with van der Waals surface area (Å²) in [6, 6.07) is 12.3. The van der Waals surface area contributed by atoms with Crippen LogP contribution in [0.3, 0.4) is 0 Å². The predicted octanol–water partition coefficient (Wildman–Crippen LogP) is -0.872. The predicted molar refractivity (Wildman–Crippen MR) is 105 cm³/mol. The van der Waals surface area contributed by atoms with E-state index in [0.717, 1.165) is 48.3 Å². The van der Waals surface area contributed by atoms with Crippen LogP contribution in [0, 0.1) is 0 Å². The minimum absolute atomic E-state index is 0. The smallest absolute Gasteiger partial charge is 0.543 e. The molecular formula is C21H23LiN4O2. The Labute approximate surface area is 176 Å². The number of hydrogen-bond acceptors (Lipinski definition) is 5. The zero-order valence-corrected chi connectivity index (χ0v) is 16.6. The molecule has 1 aliphatic rings. The van der Waals surface area contributed by atoms with Crippen molar-refractivity contribution in [3.8, 4) is 11.3 Å². The molecular weight excluding hydrogens is 347 g/mol. The zero-order chi connectivity index (χ0) is 19.0. The Kier molecular flexibility index (Phi) is 6.14. The summed E-state index contributed by atoms with van der Waals surface area (Å²) in [6.07, 6.45) is 1.69. The van der Waals surface area contributed by atoms with Gasteiger partial charge in [-0.3, -0.25) is 9.88 Å². The molecule has 3 aromatic rings. The van der Waals surface area contributed by atoms with E-state index in [9.17, 15) is 9.90 Å². The van der Waals surface area contributed by atoms with E-state index in [1.165, 1.54) is 5.69 Å². The standard InChI is InChI=1S/C21H24N4O2.Li/c1-14(2)24-9-11-25(12-10-24)16-5-3-15(4-6-16)20-17-13-19(21(26)27)23-18(17)7-8-22-20;/h3-8,13-14,23H,9-12H2,1-2H3,(H,26,27);/q;+1/p-1. The van der Waals surface area contributed by atoms with Gasteiger partial charge in [0.2, 0.25) is 0 Å². The number of aromatic carboxylic acids is 1. The van der Waals surface area contributed by atoms with Crippen LogP contribution in [-0.4, -0.2) is 53.1 Å². The van der Waals surface area contributed by atoms with Crippen LogP contribution < -0.4 is 28.9 Å². The third kappa shape index (κ3) is 3.95. The summed E-state index contributed by atoms with van der Waals surface area (Å²) >= 11 is 0. The molecule has 0 unspecified atom stereocenters. The maximum absolute atomic E-state index is 11.1. The molecule has 0 spiro atoms. The number of carbonyl (C=O) groups is 1. The summed E-state index contributed by atoms with van der Waals surface area (Å²) < 4.78 is 0. The number of aromatic amines is 1. The van der Waals surface area contributed by atoms with Gasteiger partial charge in [0, 0.05) is 60.6 Å². The van der Waals surface area contributed by atoms with Crippen LogP contribution in [0.2, 0.25) is 0 Å². The number of benzene rings is 1. The number of hydrogen-bond donors (Lipinski definition) is 1. The Hall–Kier alpha value is -2.26. The zero-order valence-electron chi connectivity index (χ0n) is 16.6. The van der Waals surface area contributed by atoms with Crippen molar-refractivity contribution in [1.29, 1.82) is 0 Å². The molecule has 3 heterocycles. The Morgan fingerprint density at radius 3 is 2.39 bits per heavy atom. The van der Waals surface area contributed by atoms with Crippen molar-refractivity contribution in [1.82, 2.24) is 14.9 Å². The number of piperazine rings is 1. The molecule has 1 aromatic carbocycles. The number of carbonyl (C=O) groups excluding carboxylic acids is 1. The quantitative estimate of drug-likeness (QED) is 0.605. The van der Waals surface area contributed by atoms with Gasteiger partial charge in [-0.25, -0.2) is 0 Å². The molecule has 4 rings (SSSR count). The Balaban J connectivity index is 0.00000225. The van der Waals surface area contributed by atoms with E-state index >= 15 is 0 Å². The minimum atomic E-state index is -1.21. The van der Waals surface area contributed by atoms with Gasteiger partial charge in [0.25, 0.3) is 0 Å². The average Bonchev–Trinajstić information content (AvgIpc) is 3.13. The summed E-state index contributed by atoms with van der Waals surface area (Å²) in [5.74, 6) is -1.21. The van der Waals surface area contributed by atoms with E-state index in [1.807, 2.05) is 0 Å². The number of carboxylic acids is 1. The first-order valence-electron chi connectivity index (χ1n) is 9.31. The van der Waals surface area contributed by atoms with Crippen molar-refractivity contribution in [2.75, 3.05) is 31.1 Å². The molecule has 0 radical (unpaired) electrons. The fraction of sp³-hybridized carbons (Fsp3) is 0.333. The number of fused-ring (bicyclic) bond motifs is 1. The largest absolute Gasteiger partial charge is 1.00 e. The van der Waals surface area contributed by atoms with Gasteiger partial charge in [0.1, 0.15) is 0 Å². The summed E-state index contributed by atoms with van der Waals surface area (Å²) in [5, 5.41) is 11.9. The van der Waals surface area contributed by atoms with E-state index in [2.05, 4.69) is 57.9 Å². The number of nitrogens with one attached hydrogen (secondary N) is 1. The van der Waals surface area contributed by atoms with Crippen LogP contribution >= 0.6 is 0 Å². The summed E-state index contributed by atoms with van der Waals surface area (Å²) in [4.78, 5) is 23.4. The van der Waals surface area contributed by atoms with Crippen LogP contribution in [0.5, 0.6) is 0 Å². The van der Waals surface area contributed by atoms with Gasteiger partial charge < -0.3 is 19.8 Å². The third-order valence-electron chi connectivity index (χ3n) is 5.32. The second-order valence-electron chi connectivity index (χ2n) is 7.25. The molecule has 0 bridgehead atoms. The minimum Gasteiger partial charge on any atom is -0.543 e. The molecule has 1 N–H and O–H groups in total. The summed E-state index contributed by atoms with van der Waals surface area (Å²) in [5.41, 5.74) is 3.76. The SMILES string of the molecule is CC(C)N1CCN(c2ccc(-c3nccc4[nH]c(C(=O)[O-])cc34)cc2)CC1.[Li+]. The molecule has 2 aromatic heterocycles. The third-order valence-corrected chi connectivity index (χ3v) is 5.32. The fourth-order valence-electron chi connectivity index (χ4n) is 3.72. The Bertz CT molecular complexity index is 960. The summed E-state index contributed by atoms with van der Waals surface area (Å²) in [7, 11) is 0. The molecule has 0 amide bonds. The number of carboxylic acid groups (broad SMARTS) is 1. The van der Waals surface area contributed by atoms with E-state index in [-0.39, 0.29) is 24.6 Å². The van der Waals surface area contributed by atoms with Crippen molar-refractivity contribution in [2.24, 2.45) is 0 Å². The molecule has 28 heavy (non-hydrogen) atoms. The van der Waals surface area contributed by atoms with Gasteiger partial charge >= 0.3 is 18.9 Å². The second kappa shape index (κ2) is 8.40. The van der Waals surface area contributed by atoms with E-state index in [4.69, 9.17) is 0 Å². The maximum atomic E-state index is 11.1. The monoisotopic (exact) mass is 370 g/mol. The van der Waals surface area contributed by atoms with Crippen molar-refractivity contribution >= 4 is 22.6 Å². The number of pyridine rings is 1. The molecule has 7 heteroatoms. The van der Waals surface area contributed by atoms with Gasteiger partial charge in [0.15, 0.2) is 0 Å². The Morgan fingerprint density at radius 2 is 1.79 bits per heavy atom. The molecule has 6 nitrogen and oxygen atoms in total. The van der Waals surface area contributed by atoms with Crippen LogP contribution in [0.15, 0.2) is 42.6 Å². The molecule has 1 fully saturated rings. The molecule has 0 aliphatic carbocycles. The van der Waals surface area contributed by atoms with Gasteiger partial charge in [-0.2, -0.15) is 0 Å². The number of rotatable bonds is 4. The van der Waals surface area contributed by atoms with Crippen molar-refractivity contribution in [2.45, 2.75) is 19.9 Å². The first-order chi connectivity index (χ1) is 13.0. The summed E-state index contributed by atoms with van der Waals surface area (Å²) in [6.45, 7) is 8.69. The maximum Gasteiger partial charge on any atom is 1.00 e. The van der Waals surface area contributed by atoms with Gasteiger partial charge in [-0.15, -0.1) is 0 Å². The van der Waals surface area contributed by atoms with Crippen molar-refractivity contribution < 1.29 is 28.8 Å². The van der Waals surface area contributed by atoms with E-state index in [0.29, 0.717) is 6.04 Å². The average molecular weight is 370 g/mol. The first kappa shape index (κ1) is 20.5. The first-order valence-corrected chi connectivity index (χ1v) is 9.31. The molecule has 0 atom stereocenters. The van der Waals surface area contributed by atoms with Gasteiger partial charge in [0.05, 0.1) is 17.4 Å². The number of nitrogens with zero attached hydrogens (tertiary/aromatic N) is 3. The molecule has 140 valence electrons. The van der Waals surface area contributed by atoms with Crippen LogP contribution in [0.4, 0.5) is 5.69 Å². The number of aromatic nitrogens is 2. The van der Waals surface area contributed by atoms with Gasteiger partial charge in [-0.05, 0) is 38.1 Å². The normalized spacial score (nSPS) is 15.0. The molecule has 1 saturated heterocycles. The van der Waals surface area contributed by atoms with E-state index < -0.39 is 5.97 Å². The van der Waals surface area contributed by atoms with Crippen LogP contribution in [0.25, 0.3) is 22.2 Å². The Morgan fingerprint density at radius 1 is 1.11 bits per heavy atom. The van der Waals surface area contributed by atoms with Crippen LogP contribution in [-0.2, 0) is 0 Å². The second-order valence-corrected chi connectivity index (χ2v) is 7.25. The molecule has 0 saturated carbocycles. The number of H-pyrrole nitrogens is 1. The fourth-order valence-corrected chi connectivity index (χ4v) is 3.72.